The average Bonchev–Trinajstić information content (AvgIpc) is 2.62. The summed E-state index contributed by atoms with van der Waals surface area (Å²) in [4.78, 5) is 34.9. The molecule has 0 spiro atoms. The van der Waals surface area contributed by atoms with Crippen molar-refractivity contribution < 1.29 is 9.59 Å². The van der Waals surface area contributed by atoms with Crippen molar-refractivity contribution in [2.75, 3.05) is 11.9 Å². The van der Waals surface area contributed by atoms with E-state index in [1.54, 1.807) is 41.6 Å². The fraction of sp³-hybridized carbons (Fsp3) is 0.294. The topological polar surface area (TPSA) is 75.2 Å². The van der Waals surface area contributed by atoms with Crippen LogP contribution in [-0.2, 0) is 4.79 Å². The van der Waals surface area contributed by atoms with Crippen molar-refractivity contribution in [1.29, 1.82) is 0 Å². The van der Waals surface area contributed by atoms with Gasteiger partial charge < -0.3 is 10.2 Å². The molecule has 2 amide bonds. The normalized spacial score (nSPS) is 17.6. The Morgan fingerprint density at radius 3 is 2.78 bits per heavy atom. The minimum Gasteiger partial charge on any atom is -0.327 e. The monoisotopic (exact) mass is 310 g/mol. The highest BCUT2D eigenvalue weighted by atomic mass is 16.2. The van der Waals surface area contributed by atoms with Crippen LogP contribution in [0.15, 0.2) is 48.9 Å². The molecule has 0 bridgehead atoms. The summed E-state index contributed by atoms with van der Waals surface area (Å²) < 4.78 is 0. The number of hydrogen-bond donors (Lipinski definition) is 1. The van der Waals surface area contributed by atoms with Crippen LogP contribution in [0.2, 0.25) is 0 Å². The van der Waals surface area contributed by atoms with E-state index in [2.05, 4.69) is 15.3 Å². The second-order valence-electron chi connectivity index (χ2n) is 5.46. The average molecular weight is 310 g/mol. The SMILES string of the molecule is O=C(Nc1ccccn1)C1CCCCN1C(=O)c1cccnc1. The van der Waals surface area contributed by atoms with Crippen molar-refractivity contribution >= 4 is 17.6 Å². The van der Waals surface area contributed by atoms with Crippen molar-refractivity contribution in [3.05, 3.63) is 54.5 Å². The smallest absolute Gasteiger partial charge is 0.256 e. The van der Waals surface area contributed by atoms with Gasteiger partial charge in [-0.15, -0.1) is 0 Å². The highest BCUT2D eigenvalue weighted by Gasteiger charge is 2.32. The Balaban J connectivity index is 1.76. The second kappa shape index (κ2) is 7.00. The maximum atomic E-state index is 12.7. The van der Waals surface area contributed by atoms with E-state index >= 15 is 0 Å². The predicted octanol–water partition coefficient (Wildman–Crippen LogP) is 2.11. The Morgan fingerprint density at radius 2 is 2.04 bits per heavy atom. The molecular formula is C17H18N4O2. The largest absolute Gasteiger partial charge is 0.327 e. The maximum absolute atomic E-state index is 12.7. The molecular weight excluding hydrogens is 292 g/mol. The quantitative estimate of drug-likeness (QED) is 0.942. The van der Waals surface area contributed by atoms with Crippen molar-refractivity contribution in [1.82, 2.24) is 14.9 Å². The summed E-state index contributed by atoms with van der Waals surface area (Å²) in [6, 6.07) is 8.29. The van der Waals surface area contributed by atoms with E-state index in [4.69, 9.17) is 0 Å². The van der Waals surface area contributed by atoms with Gasteiger partial charge in [0.1, 0.15) is 11.9 Å². The summed E-state index contributed by atoms with van der Waals surface area (Å²) >= 11 is 0. The molecule has 1 saturated heterocycles. The minimum atomic E-state index is -0.474. The van der Waals surface area contributed by atoms with Gasteiger partial charge in [-0.25, -0.2) is 4.98 Å². The highest BCUT2D eigenvalue weighted by Crippen LogP contribution is 2.20. The molecule has 1 aliphatic rings. The number of amides is 2. The number of carbonyl (C=O) groups excluding carboxylic acids is 2. The lowest BCUT2D eigenvalue weighted by Gasteiger charge is -2.34. The van der Waals surface area contributed by atoms with Crippen LogP contribution in [-0.4, -0.2) is 39.3 Å². The number of aromatic nitrogens is 2. The van der Waals surface area contributed by atoms with E-state index in [1.165, 1.54) is 6.20 Å². The van der Waals surface area contributed by atoms with E-state index in [0.717, 1.165) is 12.8 Å². The molecule has 0 radical (unpaired) electrons. The van der Waals surface area contributed by atoms with E-state index in [-0.39, 0.29) is 11.8 Å². The molecule has 1 aliphatic heterocycles. The van der Waals surface area contributed by atoms with E-state index in [1.807, 2.05) is 6.07 Å². The van der Waals surface area contributed by atoms with Gasteiger partial charge in [0, 0.05) is 25.1 Å². The molecule has 2 aromatic rings. The Kier molecular flexibility index (Phi) is 4.61. The third-order valence-electron chi connectivity index (χ3n) is 3.89. The number of rotatable bonds is 3. The number of nitrogens with one attached hydrogen (secondary N) is 1. The first-order chi connectivity index (χ1) is 11.3. The van der Waals surface area contributed by atoms with E-state index in [9.17, 15) is 9.59 Å². The number of anilines is 1. The fourth-order valence-electron chi connectivity index (χ4n) is 2.75. The predicted molar refractivity (Wildman–Crippen MR) is 85.8 cm³/mol. The summed E-state index contributed by atoms with van der Waals surface area (Å²) in [6.07, 6.45) is 7.26. The fourth-order valence-corrected chi connectivity index (χ4v) is 2.75. The van der Waals surface area contributed by atoms with Crippen LogP contribution in [0.4, 0.5) is 5.82 Å². The molecule has 2 aromatic heterocycles. The van der Waals surface area contributed by atoms with Crippen molar-refractivity contribution in [2.45, 2.75) is 25.3 Å². The second-order valence-corrected chi connectivity index (χ2v) is 5.46. The van der Waals surface area contributed by atoms with E-state index in [0.29, 0.717) is 24.3 Å². The lowest BCUT2D eigenvalue weighted by Crippen LogP contribution is -2.50. The summed E-state index contributed by atoms with van der Waals surface area (Å²) in [7, 11) is 0. The van der Waals surface area contributed by atoms with Gasteiger partial charge in [-0.2, -0.15) is 0 Å². The van der Waals surface area contributed by atoms with Gasteiger partial charge in [-0.3, -0.25) is 14.6 Å². The molecule has 23 heavy (non-hydrogen) atoms. The molecule has 1 N–H and O–H groups in total. The zero-order valence-electron chi connectivity index (χ0n) is 12.7. The zero-order valence-corrected chi connectivity index (χ0v) is 12.7. The van der Waals surface area contributed by atoms with Crippen LogP contribution in [0, 0.1) is 0 Å². The number of hydrogen-bond acceptors (Lipinski definition) is 4. The molecule has 1 atom stereocenters. The molecule has 118 valence electrons. The van der Waals surface area contributed by atoms with Crippen LogP contribution in [0.5, 0.6) is 0 Å². The van der Waals surface area contributed by atoms with Gasteiger partial charge >= 0.3 is 0 Å². The maximum Gasteiger partial charge on any atom is 0.256 e. The Labute approximate surface area is 134 Å². The van der Waals surface area contributed by atoms with Crippen molar-refractivity contribution in [3.8, 4) is 0 Å². The van der Waals surface area contributed by atoms with Gasteiger partial charge in [-0.05, 0) is 43.5 Å². The molecule has 3 rings (SSSR count). The summed E-state index contributed by atoms with van der Waals surface area (Å²) in [6.45, 7) is 0.577. The molecule has 1 unspecified atom stereocenters. The number of likely N-dealkylation sites (tertiary alicyclic amines) is 1. The molecule has 3 heterocycles. The summed E-state index contributed by atoms with van der Waals surface area (Å²) in [5.41, 5.74) is 0.505. The highest BCUT2D eigenvalue weighted by molar-refractivity contribution is 6.00. The summed E-state index contributed by atoms with van der Waals surface area (Å²) in [5.74, 6) is 0.150. The first kappa shape index (κ1) is 15.1. The van der Waals surface area contributed by atoms with Gasteiger partial charge in [0.2, 0.25) is 5.91 Å². The number of piperidine rings is 1. The third kappa shape index (κ3) is 3.53. The third-order valence-corrected chi connectivity index (χ3v) is 3.89. The van der Waals surface area contributed by atoms with Gasteiger partial charge in [0.15, 0.2) is 0 Å². The van der Waals surface area contributed by atoms with Gasteiger partial charge in [0.25, 0.3) is 5.91 Å². The molecule has 0 saturated carbocycles. The number of carbonyl (C=O) groups is 2. The number of pyridine rings is 2. The standard InChI is InChI=1S/C17H18N4O2/c22-16(20-15-8-1-3-10-19-15)14-7-2-4-11-21(14)17(23)13-6-5-9-18-12-13/h1,3,5-6,8-10,12,14H,2,4,7,11H2,(H,19,20,22). The summed E-state index contributed by atoms with van der Waals surface area (Å²) in [5, 5.41) is 2.79. The molecule has 6 heteroatoms. The van der Waals surface area contributed by atoms with Crippen LogP contribution in [0.25, 0.3) is 0 Å². The molecule has 0 aromatic carbocycles. The van der Waals surface area contributed by atoms with Gasteiger partial charge in [-0.1, -0.05) is 6.07 Å². The molecule has 1 fully saturated rings. The van der Waals surface area contributed by atoms with Crippen molar-refractivity contribution in [3.63, 3.8) is 0 Å². The minimum absolute atomic E-state index is 0.154. The lowest BCUT2D eigenvalue weighted by atomic mass is 10.00. The lowest BCUT2D eigenvalue weighted by molar-refractivity contribution is -0.121. The van der Waals surface area contributed by atoms with Crippen LogP contribution in [0.3, 0.4) is 0 Å². The molecule has 0 aliphatic carbocycles. The first-order valence-electron chi connectivity index (χ1n) is 7.68. The van der Waals surface area contributed by atoms with Crippen LogP contribution < -0.4 is 5.32 Å². The van der Waals surface area contributed by atoms with E-state index < -0.39 is 6.04 Å². The zero-order chi connectivity index (χ0) is 16.1. The van der Waals surface area contributed by atoms with Crippen LogP contribution in [0.1, 0.15) is 29.6 Å². The van der Waals surface area contributed by atoms with Gasteiger partial charge in [0.05, 0.1) is 5.56 Å². The Morgan fingerprint density at radius 1 is 1.13 bits per heavy atom. The Hall–Kier alpha value is -2.76. The van der Waals surface area contributed by atoms with Crippen molar-refractivity contribution in [2.24, 2.45) is 0 Å². The first-order valence-corrected chi connectivity index (χ1v) is 7.68. The Bertz CT molecular complexity index is 676. The van der Waals surface area contributed by atoms with Crippen LogP contribution >= 0.6 is 0 Å². The number of nitrogens with zero attached hydrogens (tertiary/aromatic N) is 3. The molecule has 6 nitrogen and oxygen atoms in total.